The van der Waals surface area contributed by atoms with Gasteiger partial charge in [-0.25, -0.2) is 4.79 Å². The van der Waals surface area contributed by atoms with Gasteiger partial charge in [0.1, 0.15) is 5.75 Å². The summed E-state index contributed by atoms with van der Waals surface area (Å²) in [7, 11) is 1.59. The summed E-state index contributed by atoms with van der Waals surface area (Å²) in [6, 6.07) is 17.1. The second-order valence-electron chi connectivity index (χ2n) is 5.71. The number of aliphatic carboxylic acids is 1. The second kappa shape index (κ2) is 8.47. The van der Waals surface area contributed by atoms with Gasteiger partial charge in [0.15, 0.2) is 0 Å². The largest absolute Gasteiger partial charge is 0.497 e. The number of carbonyl (C=O) groups is 1. The molecule has 0 radical (unpaired) electrons. The molecule has 128 valence electrons. The molecule has 24 heavy (non-hydrogen) atoms. The predicted molar refractivity (Wildman–Crippen MR) is 91.8 cm³/mol. The Balaban J connectivity index is 1.90. The van der Waals surface area contributed by atoms with Crippen LogP contribution in [0.1, 0.15) is 24.0 Å². The fraction of sp³-hybridized carbons (Fsp3) is 0.316. The van der Waals surface area contributed by atoms with Crippen LogP contribution in [0, 0.1) is 0 Å². The minimum atomic E-state index is -1.94. The highest BCUT2D eigenvalue weighted by molar-refractivity contribution is 5.76. The van der Waals surface area contributed by atoms with Crippen LogP contribution in [-0.4, -0.2) is 29.0 Å². The first-order valence-electron chi connectivity index (χ1n) is 7.91. The lowest BCUT2D eigenvalue weighted by Crippen LogP contribution is -2.51. The van der Waals surface area contributed by atoms with Crippen LogP contribution >= 0.6 is 0 Å². The molecule has 0 saturated carbocycles. The molecule has 0 fully saturated rings. The molecular weight excluding hydrogens is 306 g/mol. The maximum atomic E-state index is 11.5. The Kier molecular flexibility index (Phi) is 6.35. The van der Waals surface area contributed by atoms with E-state index in [2.05, 4.69) is 5.32 Å². The molecule has 1 unspecified atom stereocenters. The number of aliphatic hydroxyl groups is 1. The number of carboxylic acids is 1. The molecule has 0 aromatic heterocycles. The van der Waals surface area contributed by atoms with Crippen molar-refractivity contribution in [2.75, 3.05) is 7.11 Å². The van der Waals surface area contributed by atoms with E-state index in [4.69, 9.17) is 4.74 Å². The summed E-state index contributed by atoms with van der Waals surface area (Å²) in [6.07, 6.45) is 1.43. The van der Waals surface area contributed by atoms with Gasteiger partial charge in [0.05, 0.1) is 7.11 Å². The number of aryl methyl sites for hydroxylation is 1. The van der Waals surface area contributed by atoms with Crippen molar-refractivity contribution in [2.24, 2.45) is 0 Å². The molecule has 2 rings (SSSR count). The molecule has 0 aliphatic carbocycles. The van der Waals surface area contributed by atoms with Crippen LogP contribution in [0.2, 0.25) is 0 Å². The van der Waals surface area contributed by atoms with Gasteiger partial charge < -0.3 is 14.9 Å². The molecule has 1 atom stereocenters. The highest BCUT2D eigenvalue weighted by Gasteiger charge is 2.34. The van der Waals surface area contributed by atoms with Crippen LogP contribution in [0.25, 0.3) is 0 Å². The fourth-order valence-electron chi connectivity index (χ4n) is 2.46. The molecule has 5 heteroatoms. The fourth-order valence-corrected chi connectivity index (χ4v) is 2.46. The van der Waals surface area contributed by atoms with Crippen LogP contribution in [-0.2, 0) is 17.8 Å². The van der Waals surface area contributed by atoms with Gasteiger partial charge in [-0.1, -0.05) is 42.5 Å². The van der Waals surface area contributed by atoms with Crippen molar-refractivity contribution in [1.82, 2.24) is 5.32 Å². The van der Waals surface area contributed by atoms with Crippen molar-refractivity contribution in [3.63, 3.8) is 0 Å². The van der Waals surface area contributed by atoms with E-state index in [-0.39, 0.29) is 13.0 Å². The monoisotopic (exact) mass is 329 g/mol. The third kappa shape index (κ3) is 5.08. The lowest BCUT2D eigenvalue weighted by Gasteiger charge is -2.25. The number of nitrogens with one attached hydrogen (secondary N) is 1. The molecule has 2 aromatic carbocycles. The predicted octanol–water partition coefficient (Wildman–Crippen LogP) is 2.58. The molecule has 0 spiro atoms. The van der Waals surface area contributed by atoms with Crippen LogP contribution in [0.15, 0.2) is 54.6 Å². The van der Waals surface area contributed by atoms with Crippen molar-refractivity contribution in [3.05, 3.63) is 65.7 Å². The summed E-state index contributed by atoms with van der Waals surface area (Å²) in [5.41, 5.74) is 0.0632. The van der Waals surface area contributed by atoms with Gasteiger partial charge in [-0.2, -0.15) is 0 Å². The zero-order chi connectivity index (χ0) is 17.4. The van der Waals surface area contributed by atoms with Crippen LogP contribution in [0.3, 0.4) is 0 Å². The topological polar surface area (TPSA) is 78.8 Å². The molecular formula is C19H23NO4. The van der Waals surface area contributed by atoms with Crippen molar-refractivity contribution >= 4 is 5.97 Å². The average molecular weight is 329 g/mol. The van der Waals surface area contributed by atoms with E-state index in [1.54, 1.807) is 19.2 Å². The maximum absolute atomic E-state index is 11.5. The minimum absolute atomic E-state index is 0.132. The van der Waals surface area contributed by atoms with Crippen LogP contribution < -0.4 is 10.1 Å². The van der Waals surface area contributed by atoms with E-state index in [1.807, 2.05) is 42.5 Å². The van der Waals surface area contributed by atoms with Crippen LogP contribution in [0.4, 0.5) is 0 Å². The Bertz CT molecular complexity index is 642. The number of ether oxygens (including phenoxy) is 1. The Morgan fingerprint density at radius 1 is 1.08 bits per heavy atom. The van der Waals surface area contributed by atoms with Crippen molar-refractivity contribution < 1.29 is 19.7 Å². The molecule has 0 bridgehead atoms. The number of hydrogen-bond donors (Lipinski definition) is 3. The summed E-state index contributed by atoms with van der Waals surface area (Å²) in [4.78, 5) is 11.5. The van der Waals surface area contributed by atoms with Crippen LogP contribution in [0.5, 0.6) is 5.75 Å². The first-order chi connectivity index (χ1) is 11.5. The molecule has 0 aliphatic heterocycles. The molecule has 2 aromatic rings. The third-order valence-electron chi connectivity index (χ3n) is 3.94. The Morgan fingerprint density at radius 3 is 2.33 bits per heavy atom. The number of hydrogen-bond acceptors (Lipinski definition) is 4. The molecule has 5 nitrogen and oxygen atoms in total. The van der Waals surface area contributed by atoms with Gasteiger partial charge >= 0.3 is 5.97 Å². The molecule has 0 aliphatic rings. The first kappa shape index (κ1) is 18.0. The van der Waals surface area contributed by atoms with Gasteiger partial charge in [-0.15, -0.1) is 0 Å². The SMILES string of the molecule is COc1ccc(CNC(O)(CCCc2ccccc2)C(=O)O)cc1. The van der Waals surface area contributed by atoms with Crippen molar-refractivity contribution in [2.45, 2.75) is 31.5 Å². The maximum Gasteiger partial charge on any atom is 0.351 e. The summed E-state index contributed by atoms with van der Waals surface area (Å²) in [5, 5.41) is 22.5. The highest BCUT2D eigenvalue weighted by Crippen LogP contribution is 2.16. The van der Waals surface area contributed by atoms with Gasteiger partial charge in [0, 0.05) is 13.0 Å². The number of benzene rings is 2. The lowest BCUT2D eigenvalue weighted by atomic mass is 10.0. The Labute approximate surface area is 141 Å². The zero-order valence-electron chi connectivity index (χ0n) is 13.7. The van der Waals surface area contributed by atoms with E-state index in [1.165, 1.54) is 0 Å². The highest BCUT2D eigenvalue weighted by atomic mass is 16.5. The van der Waals surface area contributed by atoms with E-state index in [0.29, 0.717) is 6.42 Å². The van der Waals surface area contributed by atoms with E-state index in [0.717, 1.165) is 23.3 Å². The Morgan fingerprint density at radius 2 is 1.75 bits per heavy atom. The second-order valence-corrected chi connectivity index (χ2v) is 5.71. The van der Waals surface area contributed by atoms with E-state index >= 15 is 0 Å². The third-order valence-corrected chi connectivity index (χ3v) is 3.94. The normalized spacial score (nSPS) is 13.2. The standard InChI is InChI=1S/C19H23NO4/c1-24-17-11-9-16(10-12-17)14-20-19(23,18(21)22)13-5-8-15-6-3-2-4-7-15/h2-4,6-7,9-12,20,23H,5,8,13-14H2,1H3,(H,21,22). The molecule has 0 saturated heterocycles. The van der Waals surface area contributed by atoms with Crippen molar-refractivity contribution in [3.8, 4) is 5.75 Å². The van der Waals surface area contributed by atoms with Gasteiger partial charge in [0.25, 0.3) is 0 Å². The Hall–Kier alpha value is -2.37. The summed E-state index contributed by atoms with van der Waals surface area (Å²) in [5.74, 6) is -0.529. The summed E-state index contributed by atoms with van der Waals surface area (Å²) < 4.78 is 5.08. The van der Waals surface area contributed by atoms with Crippen molar-refractivity contribution in [1.29, 1.82) is 0 Å². The first-order valence-corrected chi connectivity index (χ1v) is 7.91. The summed E-state index contributed by atoms with van der Waals surface area (Å²) in [6.45, 7) is 0.262. The quantitative estimate of drug-likeness (QED) is 0.616. The average Bonchev–Trinajstić information content (AvgIpc) is 2.61. The zero-order valence-corrected chi connectivity index (χ0v) is 13.7. The molecule has 0 amide bonds. The molecule has 3 N–H and O–H groups in total. The number of rotatable bonds is 9. The van der Waals surface area contributed by atoms with E-state index in [9.17, 15) is 15.0 Å². The minimum Gasteiger partial charge on any atom is -0.497 e. The smallest absolute Gasteiger partial charge is 0.351 e. The number of methoxy groups -OCH3 is 1. The van der Waals surface area contributed by atoms with Gasteiger partial charge in [-0.3, -0.25) is 5.32 Å². The molecule has 0 heterocycles. The van der Waals surface area contributed by atoms with E-state index < -0.39 is 11.7 Å². The summed E-state index contributed by atoms with van der Waals surface area (Å²) >= 11 is 0. The van der Waals surface area contributed by atoms with Gasteiger partial charge in [0.2, 0.25) is 5.72 Å². The lowest BCUT2D eigenvalue weighted by molar-refractivity contribution is -0.163. The number of carboxylic acid groups (broad SMARTS) is 1. The van der Waals surface area contributed by atoms with Gasteiger partial charge in [-0.05, 0) is 36.1 Å².